The molecule has 0 aromatic carbocycles. The van der Waals surface area contributed by atoms with Crippen LogP contribution in [0.25, 0.3) is 0 Å². The molecule has 1 aromatic rings. The molecule has 1 aromatic heterocycles. The number of carbonyl (C=O) groups excluding carboxylic acids is 2. The SMILES string of the molecule is O=C(CCNC(=O)c1cccs1)NC1CC1. The molecule has 16 heavy (non-hydrogen) atoms. The number of nitrogens with one attached hydrogen (secondary N) is 2. The van der Waals surface area contributed by atoms with E-state index in [2.05, 4.69) is 10.6 Å². The molecule has 0 bridgehead atoms. The van der Waals surface area contributed by atoms with Crippen molar-refractivity contribution >= 4 is 23.2 Å². The summed E-state index contributed by atoms with van der Waals surface area (Å²) >= 11 is 1.40. The van der Waals surface area contributed by atoms with Gasteiger partial charge in [-0.3, -0.25) is 9.59 Å². The van der Waals surface area contributed by atoms with Gasteiger partial charge in [-0.05, 0) is 24.3 Å². The van der Waals surface area contributed by atoms with Crippen molar-refractivity contribution in [3.05, 3.63) is 22.4 Å². The second kappa shape index (κ2) is 5.12. The molecule has 0 unspecified atom stereocenters. The third-order valence-corrected chi connectivity index (χ3v) is 3.19. The van der Waals surface area contributed by atoms with Gasteiger partial charge in [0, 0.05) is 19.0 Å². The molecule has 4 nitrogen and oxygen atoms in total. The number of amides is 2. The van der Waals surface area contributed by atoms with Gasteiger partial charge in [0.2, 0.25) is 5.91 Å². The molecule has 86 valence electrons. The fraction of sp³-hybridized carbons (Fsp3) is 0.455. The van der Waals surface area contributed by atoms with Crippen LogP contribution in [-0.4, -0.2) is 24.4 Å². The van der Waals surface area contributed by atoms with Crippen LogP contribution < -0.4 is 10.6 Å². The molecule has 1 fully saturated rings. The van der Waals surface area contributed by atoms with Crippen LogP contribution >= 0.6 is 11.3 Å². The number of thiophene rings is 1. The minimum absolute atomic E-state index is 0.0222. The Balaban J connectivity index is 1.63. The zero-order chi connectivity index (χ0) is 11.4. The normalized spacial score (nSPS) is 14.5. The van der Waals surface area contributed by atoms with Gasteiger partial charge in [-0.15, -0.1) is 11.3 Å². The van der Waals surface area contributed by atoms with Crippen LogP contribution in [0.1, 0.15) is 28.9 Å². The predicted molar refractivity (Wildman–Crippen MR) is 62.4 cm³/mol. The van der Waals surface area contributed by atoms with E-state index in [1.54, 1.807) is 6.07 Å². The van der Waals surface area contributed by atoms with Crippen LogP contribution in [0.5, 0.6) is 0 Å². The Labute approximate surface area is 98.0 Å². The summed E-state index contributed by atoms with van der Waals surface area (Å²) in [6.07, 6.45) is 2.54. The number of hydrogen-bond acceptors (Lipinski definition) is 3. The maximum atomic E-state index is 11.5. The van der Waals surface area contributed by atoms with E-state index in [9.17, 15) is 9.59 Å². The van der Waals surface area contributed by atoms with Crippen LogP contribution in [0.3, 0.4) is 0 Å². The average molecular weight is 238 g/mol. The van der Waals surface area contributed by atoms with Gasteiger partial charge in [0.25, 0.3) is 5.91 Å². The lowest BCUT2D eigenvalue weighted by molar-refractivity contribution is -0.121. The smallest absolute Gasteiger partial charge is 0.261 e. The van der Waals surface area contributed by atoms with Crippen molar-refractivity contribution < 1.29 is 9.59 Å². The molecule has 5 heteroatoms. The number of rotatable bonds is 5. The zero-order valence-electron chi connectivity index (χ0n) is 8.86. The van der Waals surface area contributed by atoms with E-state index in [4.69, 9.17) is 0 Å². The van der Waals surface area contributed by atoms with E-state index >= 15 is 0 Å². The van der Waals surface area contributed by atoms with Crippen molar-refractivity contribution in [2.45, 2.75) is 25.3 Å². The van der Waals surface area contributed by atoms with Crippen molar-refractivity contribution in [3.63, 3.8) is 0 Å². The van der Waals surface area contributed by atoms with E-state index in [0.29, 0.717) is 23.9 Å². The lowest BCUT2D eigenvalue weighted by Crippen LogP contribution is -2.31. The standard InChI is InChI=1S/C11H14N2O2S/c14-10(13-8-3-4-8)5-6-12-11(15)9-2-1-7-16-9/h1-2,7-8H,3-6H2,(H,12,15)(H,13,14). The molecular formula is C11H14N2O2S. The first kappa shape index (κ1) is 11.1. The Morgan fingerprint density at radius 1 is 1.44 bits per heavy atom. The first-order valence-electron chi connectivity index (χ1n) is 5.37. The third kappa shape index (κ3) is 3.34. The minimum Gasteiger partial charge on any atom is -0.353 e. The van der Waals surface area contributed by atoms with E-state index < -0.39 is 0 Å². The molecule has 0 aliphatic heterocycles. The van der Waals surface area contributed by atoms with Crippen LogP contribution in [0.4, 0.5) is 0 Å². The maximum Gasteiger partial charge on any atom is 0.261 e. The summed E-state index contributed by atoms with van der Waals surface area (Å²) in [4.78, 5) is 23.5. The second-order valence-corrected chi connectivity index (χ2v) is 4.77. The van der Waals surface area contributed by atoms with Gasteiger partial charge in [0.15, 0.2) is 0 Å². The summed E-state index contributed by atoms with van der Waals surface area (Å²) < 4.78 is 0. The highest BCUT2D eigenvalue weighted by molar-refractivity contribution is 7.12. The molecular weight excluding hydrogens is 224 g/mol. The summed E-state index contributed by atoms with van der Waals surface area (Å²) in [7, 11) is 0. The first-order chi connectivity index (χ1) is 7.75. The highest BCUT2D eigenvalue weighted by atomic mass is 32.1. The molecule has 0 saturated heterocycles. The Kier molecular flexibility index (Phi) is 3.56. The molecule has 2 N–H and O–H groups in total. The van der Waals surface area contributed by atoms with E-state index in [-0.39, 0.29) is 11.8 Å². The van der Waals surface area contributed by atoms with Crippen LogP contribution in [0, 0.1) is 0 Å². The van der Waals surface area contributed by atoms with Crippen molar-refractivity contribution in [1.29, 1.82) is 0 Å². The molecule has 1 saturated carbocycles. The molecule has 2 amide bonds. The molecule has 0 radical (unpaired) electrons. The Morgan fingerprint density at radius 3 is 2.88 bits per heavy atom. The average Bonchev–Trinajstić information content (AvgIpc) is 2.90. The minimum atomic E-state index is -0.103. The molecule has 1 aliphatic rings. The summed E-state index contributed by atoms with van der Waals surface area (Å²) in [5, 5.41) is 7.45. The summed E-state index contributed by atoms with van der Waals surface area (Å²) in [6, 6.07) is 3.99. The Morgan fingerprint density at radius 2 is 2.25 bits per heavy atom. The molecule has 0 atom stereocenters. The van der Waals surface area contributed by atoms with Crippen molar-refractivity contribution in [1.82, 2.24) is 10.6 Å². The van der Waals surface area contributed by atoms with Crippen molar-refractivity contribution in [2.24, 2.45) is 0 Å². The number of carbonyl (C=O) groups is 2. The monoisotopic (exact) mass is 238 g/mol. The van der Waals surface area contributed by atoms with Gasteiger partial charge < -0.3 is 10.6 Å². The summed E-state index contributed by atoms with van der Waals surface area (Å²) in [5.74, 6) is -0.0804. The third-order valence-electron chi connectivity index (χ3n) is 2.33. The Hall–Kier alpha value is -1.36. The fourth-order valence-corrected chi connectivity index (χ4v) is 1.95. The van der Waals surface area contributed by atoms with Gasteiger partial charge in [-0.2, -0.15) is 0 Å². The highest BCUT2D eigenvalue weighted by Crippen LogP contribution is 2.18. The van der Waals surface area contributed by atoms with E-state index in [1.807, 2.05) is 11.4 Å². The quantitative estimate of drug-likeness (QED) is 0.808. The first-order valence-corrected chi connectivity index (χ1v) is 6.25. The van der Waals surface area contributed by atoms with Crippen LogP contribution in [0.15, 0.2) is 17.5 Å². The topological polar surface area (TPSA) is 58.2 Å². The summed E-state index contributed by atoms with van der Waals surface area (Å²) in [5.41, 5.74) is 0. The lowest BCUT2D eigenvalue weighted by atomic mass is 10.3. The molecule has 1 aliphatic carbocycles. The summed E-state index contributed by atoms with van der Waals surface area (Å²) in [6.45, 7) is 0.398. The van der Waals surface area contributed by atoms with Crippen molar-refractivity contribution in [2.75, 3.05) is 6.54 Å². The lowest BCUT2D eigenvalue weighted by Gasteiger charge is -2.04. The fourth-order valence-electron chi connectivity index (χ4n) is 1.31. The number of hydrogen-bond donors (Lipinski definition) is 2. The van der Waals surface area contributed by atoms with Crippen LogP contribution in [0.2, 0.25) is 0 Å². The molecule has 0 spiro atoms. The highest BCUT2D eigenvalue weighted by Gasteiger charge is 2.22. The van der Waals surface area contributed by atoms with Gasteiger partial charge in [0.1, 0.15) is 0 Å². The largest absolute Gasteiger partial charge is 0.353 e. The van der Waals surface area contributed by atoms with Gasteiger partial charge in [-0.25, -0.2) is 0 Å². The zero-order valence-corrected chi connectivity index (χ0v) is 9.68. The van der Waals surface area contributed by atoms with E-state index in [1.165, 1.54) is 11.3 Å². The maximum absolute atomic E-state index is 11.5. The van der Waals surface area contributed by atoms with Gasteiger partial charge in [-0.1, -0.05) is 6.07 Å². The van der Waals surface area contributed by atoms with Gasteiger partial charge >= 0.3 is 0 Å². The van der Waals surface area contributed by atoms with Crippen LogP contribution in [-0.2, 0) is 4.79 Å². The van der Waals surface area contributed by atoms with Crippen molar-refractivity contribution in [3.8, 4) is 0 Å². The molecule has 2 rings (SSSR count). The molecule has 1 heterocycles. The Bertz CT molecular complexity index is 371. The van der Waals surface area contributed by atoms with Gasteiger partial charge in [0.05, 0.1) is 4.88 Å². The second-order valence-electron chi connectivity index (χ2n) is 3.82. The predicted octanol–water partition coefficient (Wildman–Crippen LogP) is 1.15. The van der Waals surface area contributed by atoms with E-state index in [0.717, 1.165) is 12.8 Å².